The number of esters is 1. The van der Waals surface area contributed by atoms with E-state index in [0.29, 0.717) is 5.56 Å². The summed E-state index contributed by atoms with van der Waals surface area (Å²) in [6, 6.07) is 30.7. The average molecular weight is 462 g/mol. The molecule has 0 N–H and O–H groups in total. The molecule has 4 aromatic carbocycles. The Morgan fingerprint density at radius 2 is 1.21 bits per heavy atom. The number of carbonyl (C=O) groups excluding carboxylic acids is 1. The molecule has 0 fully saturated rings. The molecule has 0 unspecified atom stereocenters. The lowest BCUT2D eigenvalue weighted by atomic mass is 9.97. The molecule has 0 aliphatic heterocycles. The maximum Gasteiger partial charge on any atom is 0.339 e. The van der Waals surface area contributed by atoms with Crippen LogP contribution in [0.25, 0.3) is 0 Å². The van der Waals surface area contributed by atoms with Gasteiger partial charge in [0, 0.05) is 17.7 Å². The Balaban J connectivity index is 1.67. The Bertz CT molecular complexity index is 1200. The molecule has 0 saturated heterocycles. The van der Waals surface area contributed by atoms with Crippen LogP contribution in [-0.4, -0.2) is 5.97 Å². The minimum Gasteiger partial charge on any atom is -0.451 e. The van der Waals surface area contributed by atoms with Crippen LogP contribution in [0.1, 0.15) is 29.8 Å². The summed E-state index contributed by atoms with van der Waals surface area (Å²) >= 11 is 0. The third-order valence-corrected chi connectivity index (χ3v) is 7.38. The van der Waals surface area contributed by atoms with Crippen molar-refractivity contribution in [2.24, 2.45) is 0 Å². The van der Waals surface area contributed by atoms with Gasteiger partial charge in [-0.15, -0.1) is 0 Å². The fraction of sp³-hybridized carbons (Fsp3) is 0.107. The van der Waals surface area contributed by atoms with Crippen molar-refractivity contribution >= 4 is 16.9 Å². The number of benzene rings is 4. The van der Waals surface area contributed by atoms with Crippen LogP contribution in [0, 0.1) is 11.6 Å². The summed E-state index contributed by atoms with van der Waals surface area (Å²) in [5.41, 5.74) is -0.587. The summed E-state index contributed by atoms with van der Waals surface area (Å²) in [4.78, 5) is 16.3. The third-order valence-electron chi connectivity index (χ3n) is 5.17. The van der Waals surface area contributed by atoms with E-state index < -0.39 is 34.1 Å². The molecular weight excluding hydrogens is 438 g/mol. The normalized spacial score (nSPS) is 11.4. The summed E-state index contributed by atoms with van der Waals surface area (Å²) in [7, 11) is -0.414. The van der Waals surface area contributed by atoms with Gasteiger partial charge in [0.2, 0.25) is 0 Å². The fourth-order valence-corrected chi connectivity index (χ4v) is 5.66. The highest BCUT2D eigenvalue weighted by molar-refractivity contribution is 7.97. The molecule has 2 nitrogen and oxygen atoms in total. The molecule has 0 bridgehead atoms. The number of rotatable bonds is 6. The maximum atomic E-state index is 13.7. The fourth-order valence-electron chi connectivity index (χ4n) is 3.52. The smallest absolute Gasteiger partial charge is 0.339 e. The van der Waals surface area contributed by atoms with Gasteiger partial charge in [0.05, 0.1) is 16.5 Å². The number of hydrogen-bond donors (Lipinski definition) is 0. The van der Waals surface area contributed by atoms with Gasteiger partial charge in [-0.25, -0.2) is 13.6 Å². The van der Waals surface area contributed by atoms with E-state index in [-0.39, 0.29) is 5.56 Å². The second kappa shape index (κ2) is 9.59. The number of hydrogen-bond acceptors (Lipinski definition) is 2. The Morgan fingerprint density at radius 3 is 1.76 bits per heavy atom. The van der Waals surface area contributed by atoms with Crippen molar-refractivity contribution in [1.82, 2.24) is 0 Å². The van der Waals surface area contributed by atoms with Gasteiger partial charge in [-0.2, -0.15) is 0 Å². The Hall–Kier alpha value is -3.44. The highest BCUT2D eigenvalue weighted by Crippen LogP contribution is 2.32. The molecular formula is C28H23F2O2S+. The van der Waals surface area contributed by atoms with Gasteiger partial charge in [0.15, 0.2) is 14.7 Å². The lowest BCUT2D eigenvalue weighted by molar-refractivity contribution is -0.00342. The van der Waals surface area contributed by atoms with E-state index >= 15 is 0 Å². The van der Waals surface area contributed by atoms with Gasteiger partial charge in [0.1, 0.15) is 17.2 Å². The minimum atomic E-state index is -1.21. The molecule has 0 spiro atoms. The zero-order valence-electron chi connectivity index (χ0n) is 18.3. The minimum absolute atomic E-state index is 0.248. The highest BCUT2D eigenvalue weighted by atomic mass is 32.2. The van der Waals surface area contributed by atoms with E-state index in [1.54, 1.807) is 19.9 Å². The quantitative estimate of drug-likeness (QED) is 0.225. The molecule has 0 aliphatic carbocycles. The zero-order chi connectivity index (χ0) is 23.4. The molecule has 0 saturated carbocycles. The van der Waals surface area contributed by atoms with E-state index in [1.807, 2.05) is 54.6 Å². The number of ether oxygens (including phenoxy) is 1. The molecule has 0 aromatic heterocycles. The number of carbonyl (C=O) groups is 1. The van der Waals surface area contributed by atoms with Crippen LogP contribution >= 0.6 is 0 Å². The molecule has 5 heteroatoms. The summed E-state index contributed by atoms with van der Waals surface area (Å²) in [5, 5.41) is 0. The van der Waals surface area contributed by atoms with Gasteiger partial charge in [-0.1, -0.05) is 42.5 Å². The molecule has 0 atom stereocenters. The summed E-state index contributed by atoms with van der Waals surface area (Å²) in [5.74, 6) is -1.99. The van der Waals surface area contributed by atoms with Crippen molar-refractivity contribution in [3.05, 3.63) is 126 Å². The Morgan fingerprint density at radius 1 is 0.697 bits per heavy atom. The van der Waals surface area contributed by atoms with E-state index in [2.05, 4.69) is 24.3 Å². The van der Waals surface area contributed by atoms with E-state index in [4.69, 9.17) is 4.74 Å². The van der Waals surface area contributed by atoms with Crippen LogP contribution in [0.4, 0.5) is 8.78 Å². The topological polar surface area (TPSA) is 26.3 Å². The van der Waals surface area contributed by atoms with E-state index in [9.17, 15) is 13.6 Å². The van der Waals surface area contributed by atoms with Crippen LogP contribution < -0.4 is 0 Å². The predicted molar refractivity (Wildman–Crippen MR) is 126 cm³/mol. The van der Waals surface area contributed by atoms with Crippen LogP contribution in [0.15, 0.2) is 118 Å². The summed E-state index contributed by atoms with van der Waals surface area (Å²) < 4.78 is 33.1. The second-order valence-corrected chi connectivity index (χ2v) is 10.0. The first-order valence-electron chi connectivity index (χ1n) is 10.5. The first kappa shape index (κ1) is 22.7. The van der Waals surface area contributed by atoms with Crippen molar-refractivity contribution in [3.8, 4) is 0 Å². The van der Waals surface area contributed by atoms with E-state index in [1.165, 1.54) is 12.1 Å². The van der Waals surface area contributed by atoms with Gasteiger partial charge in [-0.05, 0) is 62.4 Å². The number of halogens is 2. The predicted octanol–water partition coefficient (Wildman–Crippen LogP) is 7.15. The largest absolute Gasteiger partial charge is 0.451 e. The van der Waals surface area contributed by atoms with Crippen molar-refractivity contribution in [2.45, 2.75) is 34.1 Å². The molecule has 4 rings (SSSR count). The van der Waals surface area contributed by atoms with Crippen LogP contribution in [0.2, 0.25) is 0 Å². The molecule has 0 aliphatic rings. The second-order valence-electron chi connectivity index (χ2n) is 8.02. The Labute approximate surface area is 195 Å². The van der Waals surface area contributed by atoms with Gasteiger partial charge >= 0.3 is 5.97 Å². The molecule has 33 heavy (non-hydrogen) atoms. The first-order chi connectivity index (χ1) is 15.8. The van der Waals surface area contributed by atoms with Crippen molar-refractivity contribution in [2.75, 3.05) is 0 Å². The van der Waals surface area contributed by atoms with Crippen molar-refractivity contribution in [3.63, 3.8) is 0 Å². The molecule has 4 aromatic rings. The summed E-state index contributed by atoms with van der Waals surface area (Å²) in [6.45, 7) is 3.23. The SMILES string of the molecule is CC(C)(OC(=O)c1cccc([S+](c2ccccc2)c2ccccc2)c1)c1cc(F)cc(F)c1. The first-order valence-corrected chi connectivity index (χ1v) is 11.7. The molecule has 0 heterocycles. The van der Waals surface area contributed by atoms with Crippen molar-refractivity contribution < 1.29 is 18.3 Å². The standard InChI is InChI=1S/C28H23F2O2S/c1-28(2,21-17-22(29)19-23(30)18-21)32-27(31)20-10-9-15-26(16-20)33(24-11-5-3-6-12-24)25-13-7-4-8-14-25/h3-19H,1-2H3/q+1. The van der Waals surface area contributed by atoms with Crippen molar-refractivity contribution in [1.29, 1.82) is 0 Å². The summed E-state index contributed by atoms with van der Waals surface area (Å²) in [6.07, 6.45) is 0. The van der Waals surface area contributed by atoms with Gasteiger partial charge in [-0.3, -0.25) is 0 Å². The lowest BCUT2D eigenvalue weighted by Crippen LogP contribution is -2.26. The van der Waals surface area contributed by atoms with Crippen LogP contribution in [0.5, 0.6) is 0 Å². The average Bonchev–Trinajstić information content (AvgIpc) is 2.80. The van der Waals surface area contributed by atoms with E-state index in [0.717, 1.165) is 20.8 Å². The highest BCUT2D eigenvalue weighted by Gasteiger charge is 2.31. The van der Waals surface area contributed by atoms with Crippen LogP contribution in [-0.2, 0) is 21.2 Å². The lowest BCUT2D eigenvalue weighted by Gasteiger charge is -2.26. The molecule has 0 radical (unpaired) electrons. The molecule has 0 amide bonds. The maximum absolute atomic E-state index is 13.7. The van der Waals surface area contributed by atoms with Gasteiger partial charge < -0.3 is 4.74 Å². The third kappa shape index (κ3) is 5.32. The van der Waals surface area contributed by atoms with Crippen LogP contribution in [0.3, 0.4) is 0 Å². The monoisotopic (exact) mass is 461 g/mol. The zero-order valence-corrected chi connectivity index (χ0v) is 19.1. The Kier molecular flexibility index (Phi) is 6.61. The molecule has 166 valence electrons. The van der Waals surface area contributed by atoms with Gasteiger partial charge in [0.25, 0.3) is 0 Å².